The first kappa shape index (κ1) is 29.3. The summed E-state index contributed by atoms with van der Waals surface area (Å²) in [6, 6.07) is 13.0. The molecule has 0 bridgehead atoms. The lowest BCUT2D eigenvalue weighted by Gasteiger charge is -2.22. The molecule has 0 fully saturated rings. The van der Waals surface area contributed by atoms with Crippen molar-refractivity contribution in [2.24, 2.45) is 11.8 Å². The van der Waals surface area contributed by atoms with Gasteiger partial charge in [0.25, 0.3) is 11.8 Å². The second-order valence-electron chi connectivity index (χ2n) is 9.00. The van der Waals surface area contributed by atoms with E-state index in [9.17, 15) is 19.2 Å². The molecule has 0 aliphatic rings. The second-order valence-corrected chi connectivity index (χ2v) is 11.2. The fraction of sp³-hybridized carbons (Fsp3) is 0.385. The molecule has 0 heterocycles. The third kappa shape index (κ3) is 8.91. The van der Waals surface area contributed by atoms with Crippen molar-refractivity contribution in [2.45, 2.75) is 62.4 Å². The molecule has 194 valence electrons. The van der Waals surface area contributed by atoms with Gasteiger partial charge in [-0.1, -0.05) is 73.5 Å². The van der Waals surface area contributed by atoms with E-state index in [0.717, 1.165) is 0 Å². The molecule has 0 saturated carbocycles. The molecule has 0 aromatic heterocycles. The first-order valence-electron chi connectivity index (χ1n) is 11.6. The maximum atomic E-state index is 13.0. The number of nitrogens with one attached hydrogen (secondary N) is 2. The number of aliphatic carboxylic acids is 2. The van der Waals surface area contributed by atoms with Crippen LogP contribution in [0.4, 0.5) is 0 Å². The van der Waals surface area contributed by atoms with Crippen LogP contribution in [-0.4, -0.2) is 46.0 Å². The van der Waals surface area contributed by atoms with Gasteiger partial charge in [-0.2, -0.15) is 0 Å². The summed E-state index contributed by atoms with van der Waals surface area (Å²) < 4.78 is 0. The molecule has 2 aromatic carbocycles. The lowest BCUT2D eigenvalue weighted by molar-refractivity contribution is -0.138. The van der Waals surface area contributed by atoms with Gasteiger partial charge in [0.05, 0.1) is 24.0 Å². The van der Waals surface area contributed by atoms with Gasteiger partial charge >= 0.3 is 11.9 Å². The van der Waals surface area contributed by atoms with Crippen LogP contribution in [0, 0.1) is 11.8 Å². The zero-order chi connectivity index (χ0) is 26.8. The normalized spacial score (nSPS) is 12.7. The summed E-state index contributed by atoms with van der Waals surface area (Å²) in [4.78, 5) is 49.7. The van der Waals surface area contributed by atoms with Gasteiger partial charge in [-0.3, -0.25) is 19.2 Å². The average molecular weight is 533 g/mol. The molecule has 10 heteroatoms. The van der Waals surface area contributed by atoms with E-state index >= 15 is 0 Å². The molecule has 0 unspecified atom stereocenters. The maximum Gasteiger partial charge on any atom is 0.305 e. The number of rotatable bonds is 13. The van der Waals surface area contributed by atoms with Crippen molar-refractivity contribution in [2.75, 3.05) is 0 Å². The number of carbonyl (C=O) groups is 4. The van der Waals surface area contributed by atoms with E-state index < -0.39 is 24.0 Å². The molecule has 2 aromatic rings. The molecule has 0 spiro atoms. The van der Waals surface area contributed by atoms with Crippen LogP contribution in [0.25, 0.3) is 0 Å². The summed E-state index contributed by atoms with van der Waals surface area (Å²) in [7, 11) is 2.62. The number of hydrogen-bond donors (Lipinski definition) is 4. The van der Waals surface area contributed by atoms with E-state index in [1.807, 2.05) is 27.7 Å². The minimum Gasteiger partial charge on any atom is -0.481 e. The molecule has 2 rings (SSSR count). The summed E-state index contributed by atoms with van der Waals surface area (Å²) in [6.07, 6.45) is -0.343. The predicted molar refractivity (Wildman–Crippen MR) is 141 cm³/mol. The third-order valence-electron chi connectivity index (χ3n) is 5.52. The molecule has 4 N–H and O–H groups in total. The Bertz CT molecular complexity index is 1000. The summed E-state index contributed by atoms with van der Waals surface area (Å²) >= 11 is 0. The highest BCUT2D eigenvalue weighted by Crippen LogP contribution is 2.40. The van der Waals surface area contributed by atoms with Crippen molar-refractivity contribution in [3.05, 3.63) is 59.7 Å². The van der Waals surface area contributed by atoms with Gasteiger partial charge in [-0.05, 0) is 36.1 Å². The van der Waals surface area contributed by atoms with Crippen molar-refractivity contribution in [3.63, 3.8) is 0 Å². The zero-order valence-corrected chi connectivity index (χ0v) is 22.3. The summed E-state index contributed by atoms with van der Waals surface area (Å²) in [5.41, 5.74) is 0.823. The Labute approximate surface area is 219 Å². The number of hydrogen-bond acceptors (Lipinski definition) is 6. The van der Waals surface area contributed by atoms with Gasteiger partial charge in [-0.25, -0.2) is 0 Å². The number of benzene rings is 2. The lowest BCUT2D eigenvalue weighted by Crippen LogP contribution is -2.40. The SMILES string of the molecule is CC(C)[C@@H](CC(=O)O)NC(=O)c1ccccc1SSc1ccccc1C(=O)N[C@H](CC(=O)O)C(C)C. The standard InChI is InChI=1S/C26H32N2O6S2/c1-15(2)19(13-23(29)30)27-25(33)17-9-5-7-11-21(17)35-36-22-12-8-6-10-18(22)26(34)28-20(16(3)4)14-24(31)32/h5-12,15-16,19-20H,13-14H2,1-4H3,(H,27,33)(H,28,34)(H,29,30)(H,31,32)/t19-,20-/m1/s1. The van der Waals surface area contributed by atoms with E-state index in [4.69, 9.17) is 10.2 Å². The van der Waals surface area contributed by atoms with E-state index in [0.29, 0.717) is 20.9 Å². The van der Waals surface area contributed by atoms with Crippen molar-refractivity contribution in [1.29, 1.82) is 0 Å². The lowest BCUT2D eigenvalue weighted by atomic mass is 10.0. The van der Waals surface area contributed by atoms with E-state index in [1.165, 1.54) is 21.6 Å². The van der Waals surface area contributed by atoms with E-state index in [-0.39, 0.29) is 36.5 Å². The summed E-state index contributed by atoms with van der Waals surface area (Å²) in [5.74, 6) is -2.80. The second kappa shape index (κ2) is 13.9. The van der Waals surface area contributed by atoms with Crippen molar-refractivity contribution in [3.8, 4) is 0 Å². The molecule has 8 nitrogen and oxygen atoms in total. The highest BCUT2D eigenvalue weighted by molar-refractivity contribution is 8.76. The van der Waals surface area contributed by atoms with Crippen LogP contribution in [0.3, 0.4) is 0 Å². The number of carboxylic acid groups (broad SMARTS) is 2. The fourth-order valence-corrected chi connectivity index (χ4v) is 5.68. The Morgan fingerprint density at radius 2 is 1.00 bits per heavy atom. The molecule has 36 heavy (non-hydrogen) atoms. The van der Waals surface area contributed by atoms with Gasteiger partial charge in [0.15, 0.2) is 0 Å². The number of carbonyl (C=O) groups excluding carboxylic acids is 2. The first-order chi connectivity index (χ1) is 17.0. The fourth-order valence-electron chi connectivity index (χ4n) is 3.32. The number of amides is 2. The average Bonchev–Trinajstić information content (AvgIpc) is 2.81. The Hall–Kier alpha value is -2.98. The van der Waals surface area contributed by atoms with E-state index in [2.05, 4.69) is 10.6 Å². The highest BCUT2D eigenvalue weighted by Gasteiger charge is 2.23. The molecule has 0 aliphatic carbocycles. The molecule has 2 amide bonds. The first-order valence-corrected chi connectivity index (χ1v) is 13.7. The minimum atomic E-state index is -0.981. The molecule has 2 atom stereocenters. The van der Waals surface area contributed by atoms with Crippen molar-refractivity contribution >= 4 is 45.3 Å². The molecular formula is C26H32N2O6S2. The zero-order valence-electron chi connectivity index (χ0n) is 20.7. The van der Waals surface area contributed by atoms with Crippen LogP contribution in [-0.2, 0) is 9.59 Å². The topological polar surface area (TPSA) is 133 Å². The van der Waals surface area contributed by atoms with Crippen molar-refractivity contribution in [1.82, 2.24) is 10.6 Å². The molecule has 0 radical (unpaired) electrons. The van der Waals surface area contributed by atoms with Gasteiger partial charge in [0, 0.05) is 21.9 Å². The Balaban J connectivity index is 2.19. The van der Waals surface area contributed by atoms with E-state index in [1.54, 1.807) is 48.5 Å². The minimum absolute atomic E-state index is 0.0552. The Kier molecular flexibility index (Phi) is 11.3. The van der Waals surface area contributed by atoms with Gasteiger partial charge in [-0.15, -0.1) is 0 Å². The monoisotopic (exact) mass is 532 g/mol. The largest absolute Gasteiger partial charge is 0.481 e. The molecular weight excluding hydrogens is 500 g/mol. The Morgan fingerprint density at radius 1 is 0.667 bits per heavy atom. The predicted octanol–water partition coefficient (Wildman–Crippen LogP) is 4.94. The molecule has 0 saturated heterocycles. The van der Waals surface area contributed by atoms with Crippen molar-refractivity contribution < 1.29 is 29.4 Å². The third-order valence-corrected chi connectivity index (χ3v) is 8.00. The summed E-state index contributed by atoms with van der Waals surface area (Å²) in [5, 5.41) is 24.0. The van der Waals surface area contributed by atoms with Crippen LogP contribution in [0.5, 0.6) is 0 Å². The van der Waals surface area contributed by atoms with Gasteiger partial charge in [0.2, 0.25) is 0 Å². The van der Waals surface area contributed by atoms with Gasteiger partial charge in [0.1, 0.15) is 0 Å². The van der Waals surface area contributed by atoms with Crippen LogP contribution in [0.15, 0.2) is 58.3 Å². The molecule has 0 aliphatic heterocycles. The van der Waals surface area contributed by atoms with Crippen LogP contribution in [0.2, 0.25) is 0 Å². The van der Waals surface area contributed by atoms with Crippen LogP contribution < -0.4 is 10.6 Å². The summed E-state index contributed by atoms with van der Waals surface area (Å²) in [6.45, 7) is 7.42. The highest BCUT2D eigenvalue weighted by atomic mass is 33.1. The smallest absolute Gasteiger partial charge is 0.305 e. The van der Waals surface area contributed by atoms with Crippen LogP contribution >= 0.6 is 21.6 Å². The number of carboxylic acids is 2. The quantitative estimate of drug-likeness (QED) is 0.267. The Morgan fingerprint density at radius 3 is 1.31 bits per heavy atom. The van der Waals surface area contributed by atoms with Gasteiger partial charge < -0.3 is 20.8 Å². The maximum absolute atomic E-state index is 13.0. The van der Waals surface area contributed by atoms with Crippen LogP contribution in [0.1, 0.15) is 61.3 Å².